The topological polar surface area (TPSA) is 182 Å². The van der Waals surface area contributed by atoms with Crippen molar-refractivity contribution in [2.24, 2.45) is 17.6 Å². The third-order valence-electron chi connectivity index (χ3n) is 8.88. The number of aryl methyl sites for hydroxylation is 1. The van der Waals surface area contributed by atoms with Gasteiger partial charge in [0.15, 0.2) is 23.0 Å². The normalized spacial score (nSPS) is 21.6. The average Bonchev–Trinajstić information content (AvgIpc) is 3.66. The Hall–Kier alpha value is -3.14. The molecular weight excluding hydrogens is 614 g/mol. The lowest BCUT2D eigenvalue weighted by molar-refractivity contribution is -0.141. The Morgan fingerprint density at radius 1 is 0.913 bits per heavy atom. The number of benzene rings is 2. The van der Waals surface area contributed by atoms with Crippen LogP contribution in [0, 0.1) is 18.8 Å². The van der Waals surface area contributed by atoms with Crippen molar-refractivity contribution in [2.75, 3.05) is 72.1 Å². The van der Waals surface area contributed by atoms with Crippen molar-refractivity contribution in [1.29, 1.82) is 0 Å². The van der Waals surface area contributed by atoms with Gasteiger partial charge >= 0.3 is 5.97 Å². The quantitative estimate of drug-likeness (QED) is 0.0995. The Balaban J connectivity index is 1.25. The molecule has 2 aromatic carbocycles. The Morgan fingerprint density at radius 3 is 2.20 bits per heavy atom. The number of carbonyl (C=O) groups excluding carboxylic acids is 1. The number of hydrogen-bond donors (Lipinski definition) is 6. The molecule has 2 aromatic rings. The first-order valence-electron chi connectivity index (χ1n) is 16.0. The van der Waals surface area contributed by atoms with E-state index in [1.807, 2.05) is 18.2 Å². The maximum Gasteiger partial charge on any atom is 0.310 e. The summed E-state index contributed by atoms with van der Waals surface area (Å²) < 4.78 is 52.1. The van der Waals surface area contributed by atoms with Crippen molar-refractivity contribution in [2.45, 2.75) is 38.1 Å². The Labute approximate surface area is 270 Å². The van der Waals surface area contributed by atoms with Crippen LogP contribution in [0.15, 0.2) is 24.3 Å². The summed E-state index contributed by atoms with van der Waals surface area (Å²) in [5.41, 5.74) is 8.28. The lowest BCUT2D eigenvalue weighted by atomic mass is 9.65. The zero-order valence-electron chi connectivity index (χ0n) is 26.6. The fourth-order valence-corrected chi connectivity index (χ4v) is 7.78. The van der Waals surface area contributed by atoms with Crippen LogP contribution in [-0.2, 0) is 19.6 Å². The molecule has 13 nitrogen and oxygen atoms in total. The number of ether oxygens (including phenoxy) is 4. The van der Waals surface area contributed by atoms with Gasteiger partial charge in [0.05, 0.1) is 31.4 Å². The highest BCUT2D eigenvalue weighted by atomic mass is 32.2. The zero-order chi connectivity index (χ0) is 32.7. The van der Waals surface area contributed by atoms with E-state index < -0.39 is 39.8 Å². The molecule has 0 spiro atoms. The van der Waals surface area contributed by atoms with E-state index in [2.05, 4.69) is 20.7 Å². The summed E-state index contributed by atoms with van der Waals surface area (Å²) in [5.74, 6) is -0.773. The highest BCUT2D eigenvalue weighted by molar-refractivity contribution is 7.89. The van der Waals surface area contributed by atoms with E-state index in [1.54, 1.807) is 13.0 Å². The fraction of sp³-hybridized carbons (Fsp3) is 0.594. The maximum absolute atomic E-state index is 13.4. The molecule has 0 saturated carbocycles. The first kappa shape index (κ1) is 34.2. The maximum atomic E-state index is 13.4. The lowest BCUT2D eigenvalue weighted by Crippen LogP contribution is -2.44. The molecule has 5 rings (SSSR count). The van der Waals surface area contributed by atoms with Crippen LogP contribution < -0.4 is 40.6 Å². The monoisotopic (exact) mass is 661 g/mol. The van der Waals surface area contributed by atoms with E-state index in [0.717, 1.165) is 56.6 Å². The number of aromatic hydroxyl groups is 1. The zero-order valence-corrected chi connectivity index (χ0v) is 27.4. The molecule has 0 radical (unpaired) electrons. The number of rotatable bonds is 18. The highest BCUT2D eigenvalue weighted by Crippen LogP contribution is 2.55. The molecule has 3 aliphatic rings. The minimum atomic E-state index is -3.75. The second-order valence-corrected chi connectivity index (χ2v) is 13.9. The van der Waals surface area contributed by atoms with Gasteiger partial charge in [0.2, 0.25) is 16.8 Å². The second kappa shape index (κ2) is 15.6. The third kappa shape index (κ3) is 7.86. The molecule has 1 fully saturated rings. The predicted octanol–water partition coefficient (Wildman–Crippen LogP) is 1.23. The smallest absolute Gasteiger partial charge is 0.310 e. The van der Waals surface area contributed by atoms with Gasteiger partial charge in [-0.3, -0.25) is 4.79 Å². The van der Waals surface area contributed by atoms with Crippen molar-refractivity contribution in [3.05, 3.63) is 46.5 Å². The molecule has 46 heavy (non-hydrogen) atoms. The summed E-state index contributed by atoms with van der Waals surface area (Å²) in [6.07, 6.45) is 2.90. The van der Waals surface area contributed by atoms with Crippen LogP contribution in [0.4, 0.5) is 0 Å². The molecule has 0 amide bonds. The highest BCUT2D eigenvalue weighted by Gasteiger charge is 2.53. The third-order valence-corrected chi connectivity index (χ3v) is 10.2. The standard InChI is InChI=1S/C32H47N5O8S/c1-20-14-21(15-27(42-2)31(20)38)28-22-16-25-26(45-19-44-25)17-23(22)30(24-18-43-32(39)29(24)28)37-46(40,41)13-12-36-11-5-10-35-9-4-8-34-7-3-6-33/h14-17,24,28-30,34-38H,3-13,18-19,33H2,1-2H3/t24-,28?,29-,30+/m0/s1. The summed E-state index contributed by atoms with van der Waals surface area (Å²) in [6, 6.07) is 6.47. The molecule has 1 saturated heterocycles. The number of carbonyl (C=O) groups is 1. The van der Waals surface area contributed by atoms with Gasteiger partial charge in [-0.2, -0.15) is 0 Å². The molecule has 0 bridgehead atoms. The minimum Gasteiger partial charge on any atom is -0.504 e. The van der Waals surface area contributed by atoms with Gasteiger partial charge in [-0.15, -0.1) is 0 Å². The summed E-state index contributed by atoms with van der Waals surface area (Å²) >= 11 is 0. The van der Waals surface area contributed by atoms with E-state index in [0.29, 0.717) is 42.3 Å². The van der Waals surface area contributed by atoms with E-state index in [-0.39, 0.29) is 30.7 Å². The van der Waals surface area contributed by atoms with Crippen LogP contribution in [0.25, 0.3) is 0 Å². The van der Waals surface area contributed by atoms with Crippen molar-refractivity contribution in [3.63, 3.8) is 0 Å². The number of phenols is 1. The molecule has 4 atom stereocenters. The Bertz CT molecular complexity index is 1470. The van der Waals surface area contributed by atoms with Gasteiger partial charge in [-0.25, -0.2) is 13.1 Å². The first-order chi connectivity index (χ1) is 22.2. The first-order valence-corrected chi connectivity index (χ1v) is 17.7. The number of sulfonamides is 1. The molecule has 0 aromatic heterocycles. The van der Waals surface area contributed by atoms with Crippen molar-refractivity contribution < 1.29 is 37.3 Å². The van der Waals surface area contributed by atoms with Crippen molar-refractivity contribution >= 4 is 16.0 Å². The number of phenolic OH excluding ortho intramolecular Hbond substituents is 1. The summed E-state index contributed by atoms with van der Waals surface area (Å²) in [4.78, 5) is 13.3. The summed E-state index contributed by atoms with van der Waals surface area (Å²) in [6.45, 7) is 7.24. The van der Waals surface area contributed by atoms with Crippen LogP contribution in [0.1, 0.15) is 53.5 Å². The number of fused-ring (bicyclic) bond motifs is 3. The van der Waals surface area contributed by atoms with E-state index in [9.17, 15) is 18.3 Å². The molecule has 7 N–H and O–H groups in total. The number of esters is 1. The number of nitrogens with two attached hydrogens (primary N) is 1. The van der Waals surface area contributed by atoms with Crippen LogP contribution in [0.2, 0.25) is 0 Å². The number of methoxy groups -OCH3 is 1. The van der Waals surface area contributed by atoms with Gasteiger partial charge in [0.1, 0.15) is 0 Å². The van der Waals surface area contributed by atoms with E-state index in [1.165, 1.54) is 7.11 Å². The predicted molar refractivity (Wildman–Crippen MR) is 173 cm³/mol. The Kier molecular flexibility index (Phi) is 11.6. The number of cyclic esters (lactones) is 1. The molecule has 1 aliphatic carbocycles. The molecule has 254 valence electrons. The van der Waals surface area contributed by atoms with Gasteiger partial charge in [-0.05, 0) is 106 Å². The van der Waals surface area contributed by atoms with Gasteiger partial charge < -0.3 is 45.7 Å². The van der Waals surface area contributed by atoms with Gasteiger partial charge in [0, 0.05) is 18.4 Å². The van der Waals surface area contributed by atoms with Crippen molar-refractivity contribution in [1.82, 2.24) is 20.7 Å². The largest absolute Gasteiger partial charge is 0.504 e. The van der Waals surface area contributed by atoms with Gasteiger partial charge in [0.25, 0.3) is 0 Å². The van der Waals surface area contributed by atoms with E-state index in [4.69, 9.17) is 24.7 Å². The van der Waals surface area contributed by atoms with Crippen molar-refractivity contribution in [3.8, 4) is 23.0 Å². The molecular formula is C32H47N5O8S. The average molecular weight is 662 g/mol. The fourth-order valence-electron chi connectivity index (χ4n) is 6.56. The molecule has 14 heteroatoms. The summed E-state index contributed by atoms with van der Waals surface area (Å²) in [7, 11) is -2.28. The van der Waals surface area contributed by atoms with Crippen LogP contribution in [0.3, 0.4) is 0 Å². The number of nitrogens with one attached hydrogen (secondary N) is 4. The minimum absolute atomic E-state index is 0.0243. The second-order valence-electron chi connectivity index (χ2n) is 12.0. The van der Waals surface area contributed by atoms with E-state index >= 15 is 0 Å². The van der Waals surface area contributed by atoms with Crippen LogP contribution in [-0.4, -0.2) is 91.6 Å². The van der Waals surface area contributed by atoms with Gasteiger partial charge in [-0.1, -0.05) is 6.07 Å². The Morgan fingerprint density at radius 2 is 1.54 bits per heavy atom. The molecule has 2 aliphatic heterocycles. The number of hydrogen-bond acceptors (Lipinski definition) is 12. The lowest BCUT2D eigenvalue weighted by Gasteiger charge is -2.39. The van der Waals surface area contributed by atoms with Crippen LogP contribution in [0.5, 0.6) is 23.0 Å². The molecule has 2 heterocycles. The van der Waals surface area contributed by atoms with Crippen LogP contribution >= 0.6 is 0 Å². The summed E-state index contributed by atoms with van der Waals surface area (Å²) in [5, 5.41) is 20.5. The SMILES string of the molecule is COc1cc(C2c3cc4c(cc3[C@@H](NS(=O)(=O)CCNCCCNCCCNCCCN)[C@H]3COC(=O)[C@H]23)OCO4)cc(C)c1O. The molecule has 1 unspecified atom stereocenters.